The van der Waals surface area contributed by atoms with E-state index in [2.05, 4.69) is 10.0 Å². The van der Waals surface area contributed by atoms with Crippen molar-refractivity contribution in [2.75, 3.05) is 7.05 Å². The maximum Gasteiger partial charge on any atom is 0.335 e. The van der Waals surface area contributed by atoms with E-state index in [1.54, 1.807) is 24.3 Å². The largest absolute Gasteiger partial charge is 0.478 e. The number of nitrogens with one attached hydrogen (secondary N) is 2. The first-order valence-corrected chi connectivity index (χ1v) is 9.86. The summed E-state index contributed by atoms with van der Waals surface area (Å²) in [4.78, 5) is 23.1. The van der Waals surface area contributed by atoms with E-state index in [1.807, 2.05) is 6.92 Å². The van der Waals surface area contributed by atoms with Crippen LogP contribution in [0.2, 0.25) is 0 Å². The number of rotatable bonds is 8. The Morgan fingerprint density at radius 1 is 1.04 bits per heavy atom. The molecule has 8 heteroatoms. The molecule has 0 spiro atoms. The van der Waals surface area contributed by atoms with Gasteiger partial charge in [-0.05, 0) is 55.8 Å². The Morgan fingerprint density at radius 2 is 1.63 bits per heavy atom. The number of carbonyl (C=O) groups excluding carboxylic acids is 1. The van der Waals surface area contributed by atoms with Crippen molar-refractivity contribution >= 4 is 21.9 Å². The second-order valence-electron chi connectivity index (χ2n) is 6.07. The van der Waals surface area contributed by atoms with Crippen LogP contribution in [-0.4, -0.2) is 32.4 Å². The maximum absolute atomic E-state index is 12.1. The van der Waals surface area contributed by atoms with Crippen LogP contribution in [-0.2, 0) is 21.2 Å². The summed E-state index contributed by atoms with van der Waals surface area (Å²) in [6, 6.07) is 12.5. The van der Waals surface area contributed by atoms with Crippen LogP contribution in [0.1, 0.15) is 40.9 Å². The first-order chi connectivity index (χ1) is 12.7. The molecule has 2 aromatic rings. The minimum absolute atomic E-state index is 0.142. The average molecular weight is 390 g/mol. The van der Waals surface area contributed by atoms with Gasteiger partial charge in [-0.1, -0.05) is 24.3 Å². The molecule has 0 aliphatic heterocycles. The third-order valence-electron chi connectivity index (χ3n) is 4.18. The van der Waals surface area contributed by atoms with Gasteiger partial charge in [0, 0.05) is 6.42 Å². The summed E-state index contributed by atoms with van der Waals surface area (Å²) >= 11 is 0. The minimum Gasteiger partial charge on any atom is -0.478 e. The molecule has 1 unspecified atom stereocenters. The summed E-state index contributed by atoms with van der Waals surface area (Å²) in [6.45, 7) is 1.82. The van der Waals surface area contributed by atoms with Gasteiger partial charge in [-0.25, -0.2) is 17.9 Å². The van der Waals surface area contributed by atoms with Crippen molar-refractivity contribution in [3.05, 3.63) is 65.2 Å². The smallest absolute Gasteiger partial charge is 0.335 e. The molecule has 1 atom stereocenters. The lowest BCUT2D eigenvalue weighted by Gasteiger charge is -2.15. The highest BCUT2D eigenvalue weighted by Crippen LogP contribution is 2.16. The van der Waals surface area contributed by atoms with Crippen molar-refractivity contribution in [1.29, 1.82) is 0 Å². The molecule has 144 valence electrons. The van der Waals surface area contributed by atoms with Crippen LogP contribution < -0.4 is 10.0 Å². The number of sulfonamides is 1. The zero-order valence-corrected chi connectivity index (χ0v) is 15.9. The first kappa shape index (κ1) is 20.6. The second-order valence-corrected chi connectivity index (χ2v) is 7.95. The Kier molecular flexibility index (Phi) is 6.70. The van der Waals surface area contributed by atoms with Crippen LogP contribution in [0.15, 0.2) is 53.4 Å². The first-order valence-electron chi connectivity index (χ1n) is 8.38. The normalized spacial score (nSPS) is 12.4. The number of amides is 1. The van der Waals surface area contributed by atoms with Crippen LogP contribution in [0.5, 0.6) is 0 Å². The fourth-order valence-corrected chi connectivity index (χ4v) is 3.25. The number of aromatic carboxylic acids is 1. The van der Waals surface area contributed by atoms with Crippen LogP contribution in [0.25, 0.3) is 0 Å². The summed E-state index contributed by atoms with van der Waals surface area (Å²) in [5.41, 5.74) is 1.88. The van der Waals surface area contributed by atoms with Gasteiger partial charge in [0.1, 0.15) is 0 Å². The molecule has 0 heterocycles. The van der Waals surface area contributed by atoms with Gasteiger partial charge in [-0.2, -0.15) is 0 Å². The van der Waals surface area contributed by atoms with E-state index in [0.29, 0.717) is 6.42 Å². The summed E-state index contributed by atoms with van der Waals surface area (Å²) in [5, 5.41) is 11.7. The van der Waals surface area contributed by atoms with Crippen LogP contribution in [0, 0.1) is 0 Å². The molecule has 0 aliphatic carbocycles. The number of carbonyl (C=O) groups is 2. The summed E-state index contributed by atoms with van der Waals surface area (Å²) in [5.74, 6) is -1.13. The average Bonchev–Trinajstić information content (AvgIpc) is 2.66. The second kappa shape index (κ2) is 8.79. The molecule has 0 bridgehead atoms. The minimum atomic E-state index is -3.49. The van der Waals surface area contributed by atoms with Crippen molar-refractivity contribution in [3.63, 3.8) is 0 Å². The predicted molar refractivity (Wildman–Crippen MR) is 101 cm³/mol. The lowest BCUT2D eigenvalue weighted by Crippen LogP contribution is -2.27. The van der Waals surface area contributed by atoms with Crippen molar-refractivity contribution in [2.45, 2.75) is 30.7 Å². The van der Waals surface area contributed by atoms with Crippen molar-refractivity contribution in [2.24, 2.45) is 0 Å². The number of benzene rings is 2. The van der Waals surface area contributed by atoms with Gasteiger partial charge >= 0.3 is 5.97 Å². The summed E-state index contributed by atoms with van der Waals surface area (Å²) in [7, 11) is -2.14. The number of hydrogen-bond acceptors (Lipinski definition) is 4. The SMILES string of the molecule is CNS(=O)(=O)c1ccc(C(C)NC(=O)CCc2ccc(C(=O)O)cc2)cc1. The molecule has 0 aromatic heterocycles. The van der Waals surface area contributed by atoms with E-state index < -0.39 is 16.0 Å². The highest BCUT2D eigenvalue weighted by atomic mass is 32.2. The number of aryl methyl sites for hydroxylation is 1. The monoisotopic (exact) mass is 390 g/mol. The predicted octanol–water partition coefficient (Wildman–Crippen LogP) is 2.10. The molecule has 0 aliphatic rings. The molecule has 0 radical (unpaired) electrons. The Balaban J connectivity index is 1.90. The third-order valence-corrected chi connectivity index (χ3v) is 5.61. The van der Waals surface area contributed by atoms with E-state index >= 15 is 0 Å². The van der Waals surface area contributed by atoms with Gasteiger partial charge in [0.2, 0.25) is 15.9 Å². The lowest BCUT2D eigenvalue weighted by molar-refractivity contribution is -0.121. The van der Waals surface area contributed by atoms with E-state index in [0.717, 1.165) is 11.1 Å². The molecule has 27 heavy (non-hydrogen) atoms. The zero-order valence-electron chi connectivity index (χ0n) is 15.1. The van der Waals surface area contributed by atoms with Crippen molar-refractivity contribution < 1.29 is 23.1 Å². The highest BCUT2D eigenvalue weighted by Gasteiger charge is 2.14. The Hall–Kier alpha value is -2.71. The topological polar surface area (TPSA) is 113 Å². The van der Waals surface area contributed by atoms with Crippen molar-refractivity contribution in [3.8, 4) is 0 Å². The molecule has 3 N–H and O–H groups in total. The Bertz CT molecular complexity index is 906. The van der Waals surface area contributed by atoms with E-state index in [9.17, 15) is 18.0 Å². The van der Waals surface area contributed by atoms with Crippen LogP contribution >= 0.6 is 0 Å². The van der Waals surface area contributed by atoms with Gasteiger partial charge in [-0.3, -0.25) is 4.79 Å². The third kappa shape index (κ3) is 5.63. The quantitative estimate of drug-likeness (QED) is 0.639. The van der Waals surface area contributed by atoms with Gasteiger partial charge in [0.15, 0.2) is 0 Å². The molecule has 0 saturated heterocycles. The molecule has 1 amide bonds. The van der Waals surface area contributed by atoms with E-state index in [-0.39, 0.29) is 28.8 Å². The Labute approximate surface area is 158 Å². The van der Waals surface area contributed by atoms with Crippen LogP contribution in [0.3, 0.4) is 0 Å². The summed E-state index contributed by atoms with van der Waals surface area (Å²) in [6.07, 6.45) is 0.765. The maximum atomic E-state index is 12.1. The molecule has 2 rings (SSSR count). The van der Waals surface area contributed by atoms with E-state index in [1.165, 1.54) is 31.3 Å². The molecule has 2 aromatic carbocycles. The zero-order chi connectivity index (χ0) is 20.0. The fraction of sp³-hybridized carbons (Fsp3) is 0.263. The van der Waals surface area contributed by atoms with Crippen LogP contribution in [0.4, 0.5) is 0 Å². The number of hydrogen-bond donors (Lipinski definition) is 3. The van der Waals surface area contributed by atoms with Gasteiger partial charge in [0.05, 0.1) is 16.5 Å². The standard InChI is InChI=1S/C19H22N2O5S/c1-13(15-8-10-17(11-9-15)27(25,26)20-2)21-18(22)12-5-14-3-6-16(7-4-14)19(23)24/h3-4,6-11,13,20H,5,12H2,1-2H3,(H,21,22)(H,23,24). The lowest BCUT2D eigenvalue weighted by atomic mass is 10.1. The number of carboxylic acid groups (broad SMARTS) is 1. The Morgan fingerprint density at radius 3 is 2.15 bits per heavy atom. The van der Waals surface area contributed by atoms with Gasteiger partial charge < -0.3 is 10.4 Å². The van der Waals surface area contributed by atoms with Gasteiger partial charge in [-0.15, -0.1) is 0 Å². The molecule has 7 nitrogen and oxygen atoms in total. The van der Waals surface area contributed by atoms with Gasteiger partial charge in [0.25, 0.3) is 0 Å². The highest BCUT2D eigenvalue weighted by molar-refractivity contribution is 7.89. The van der Waals surface area contributed by atoms with E-state index in [4.69, 9.17) is 5.11 Å². The number of carboxylic acids is 1. The molecule has 0 fully saturated rings. The molecular weight excluding hydrogens is 368 g/mol. The van der Waals surface area contributed by atoms with Crippen molar-refractivity contribution in [1.82, 2.24) is 10.0 Å². The molecule has 0 saturated carbocycles. The summed E-state index contributed by atoms with van der Waals surface area (Å²) < 4.78 is 25.7. The molecular formula is C19H22N2O5S. The fourth-order valence-electron chi connectivity index (χ4n) is 2.52.